The standard InChI is InChI=1S/C17H14N4O5S/c1-22-11-6-5-10(8-13(11)23-2)15-19-21-17(26-15)27-9-14-18-20-16(25-14)12-4-3-7-24-12/h3-8H,9H2,1-2H3. The maximum Gasteiger partial charge on any atom is 0.283 e. The maximum atomic E-state index is 5.68. The van der Waals surface area contributed by atoms with Gasteiger partial charge in [0.05, 0.1) is 26.2 Å². The Morgan fingerprint density at radius 3 is 2.56 bits per heavy atom. The van der Waals surface area contributed by atoms with Crippen molar-refractivity contribution < 1.29 is 22.7 Å². The highest BCUT2D eigenvalue weighted by molar-refractivity contribution is 7.98. The van der Waals surface area contributed by atoms with Crippen molar-refractivity contribution in [1.82, 2.24) is 20.4 Å². The van der Waals surface area contributed by atoms with Gasteiger partial charge in [0.25, 0.3) is 11.1 Å². The molecule has 0 amide bonds. The Labute approximate surface area is 157 Å². The Morgan fingerprint density at radius 1 is 0.926 bits per heavy atom. The molecule has 10 heteroatoms. The van der Waals surface area contributed by atoms with Crippen LogP contribution in [0.25, 0.3) is 23.1 Å². The molecule has 138 valence electrons. The number of furan rings is 1. The van der Waals surface area contributed by atoms with Crippen LogP contribution in [0, 0.1) is 0 Å². The molecule has 0 radical (unpaired) electrons. The molecule has 3 heterocycles. The summed E-state index contributed by atoms with van der Waals surface area (Å²) in [5.74, 6) is 3.25. The number of methoxy groups -OCH3 is 2. The lowest BCUT2D eigenvalue weighted by molar-refractivity contribution is 0.355. The zero-order chi connectivity index (χ0) is 18.6. The predicted octanol–water partition coefficient (Wildman–Crippen LogP) is 3.69. The summed E-state index contributed by atoms with van der Waals surface area (Å²) in [5.41, 5.74) is 0.727. The lowest BCUT2D eigenvalue weighted by Gasteiger charge is -2.07. The predicted molar refractivity (Wildman–Crippen MR) is 94.4 cm³/mol. The molecule has 1 aromatic carbocycles. The van der Waals surface area contributed by atoms with Gasteiger partial charge in [-0.3, -0.25) is 0 Å². The van der Waals surface area contributed by atoms with Crippen molar-refractivity contribution in [2.24, 2.45) is 0 Å². The van der Waals surface area contributed by atoms with Crippen LogP contribution < -0.4 is 9.47 Å². The lowest BCUT2D eigenvalue weighted by atomic mass is 10.2. The summed E-state index contributed by atoms with van der Waals surface area (Å²) < 4.78 is 27.0. The monoisotopic (exact) mass is 386 g/mol. The average molecular weight is 386 g/mol. The molecule has 0 saturated heterocycles. The number of thioether (sulfide) groups is 1. The molecule has 0 aliphatic heterocycles. The topological polar surface area (TPSA) is 109 Å². The van der Waals surface area contributed by atoms with E-state index in [1.807, 2.05) is 6.07 Å². The van der Waals surface area contributed by atoms with E-state index in [-0.39, 0.29) is 0 Å². The molecule has 0 spiro atoms. The zero-order valence-electron chi connectivity index (χ0n) is 14.4. The van der Waals surface area contributed by atoms with Gasteiger partial charge in [0, 0.05) is 5.56 Å². The van der Waals surface area contributed by atoms with Gasteiger partial charge in [0.2, 0.25) is 11.8 Å². The minimum absolute atomic E-state index is 0.326. The van der Waals surface area contributed by atoms with Crippen LogP contribution in [0.15, 0.2) is 55.1 Å². The molecule has 0 fully saturated rings. The first-order valence-corrected chi connectivity index (χ1v) is 8.80. The Morgan fingerprint density at radius 2 is 1.78 bits per heavy atom. The molecule has 0 bridgehead atoms. The van der Waals surface area contributed by atoms with E-state index in [0.717, 1.165) is 5.56 Å². The summed E-state index contributed by atoms with van der Waals surface area (Å²) in [5, 5.41) is 16.4. The second kappa shape index (κ2) is 7.54. The largest absolute Gasteiger partial charge is 0.493 e. The number of aromatic nitrogens is 4. The fraction of sp³-hybridized carbons (Fsp3) is 0.176. The van der Waals surface area contributed by atoms with Gasteiger partial charge in [-0.05, 0) is 30.3 Å². The molecular formula is C17H14N4O5S. The van der Waals surface area contributed by atoms with Crippen molar-refractivity contribution in [3.63, 3.8) is 0 Å². The Kier molecular flexibility index (Phi) is 4.79. The van der Waals surface area contributed by atoms with Crippen molar-refractivity contribution in [2.45, 2.75) is 11.0 Å². The molecule has 0 aliphatic carbocycles. The van der Waals surface area contributed by atoms with Crippen LogP contribution in [0.2, 0.25) is 0 Å². The van der Waals surface area contributed by atoms with E-state index >= 15 is 0 Å². The molecule has 0 N–H and O–H groups in total. The third-order valence-corrected chi connectivity index (χ3v) is 4.36. The summed E-state index contributed by atoms with van der Waals surface area (Å²) in [7, 11) is 3.14. The van der Waals surface area contributed by atoms with Crippen LogP contribution in [0.3, 0.4) is 0 Å². The van der Waals surface area contributed by atoms with Gasteiger partial charge < -0.3 is 22.7 Å². The van der Waals surface area contributed by atoms with E-state index in [4.69, 9.17) is 22.7 Å². The van der Waals surface area contributed by atoms with E-state index in [1.54, 1.807) is 44.7 Å². The highest BCUT2D eigenvalue weighted by Crippen LogP contribution is 2.33. The smallest absolute Gasteiger partial charge is 0.283 e. The van der Waals surface area contributed by atoms with Crippen molar-refractivity contribution in [3.8, 4) is 34.6 Å². The van der Waals surface area contributed by atoms with E-state index in [2.05, 4.69) is 20.4 Å². The molecule has 0 saturated carbocycles. The summed E-state index contributed by atoms with van der Waals surface area (Å²) in [4.78, 5) is 0. The van der Waals surface area contributed by atoms with Gasteiger partial charge in [0.1, 0.15) is 0 Å². The van der Waals surface area contributed by atoms with Crippen LogP contribution in [-0.2, 0) is 5.75 Å². The van der Waals surface area contributed by atoms with Crippen LogP contribution in [-0.4, -0.2) is 34.6 Å². The van der Waals surface area contributed by atoms with Crippen molar-refractivity contribution in [3.05, 3.63) is 42.5 Å². The minimum atomic E-state index is 0.326. The first-order valence-electron chi connectivity index (χ1n) is 7.82. The van der Waals surface area contributed by atoms with E-state index < -0.39 is 0 Å². The fourth-order valence-corrected chi connectivity index (χ4v) is 2.89. The molecule has 4 rings (SSSR count). The van der Waals surface area contributed by atoms with E-state index in [9.17, 15) is 0 Å². The van der Waals surface area contributed by atoms with E-state index in [1.165, 1.54) is 11.8 Å². The number of hydrogen-bond donors (Lipinski definition) is 0. The number of benzene rings is 1. The first-order chi connectivity index (χ1) is 13.3. The van der Waals surface area contributed by atoms with Crippen molar-refractivity contribution >= 4 is 11.8 Å². The second-order valence-electron chi connectivity index (χ2n) is 5.21. The second-order valence-corrected chi connectivity index (χ2v) is 6.14. The quantitative estimate of drug-likeness (QED) is 0.436. The SMILES string of the molecule is COc1ccc(-c2nnc(SCc3nnc(-c4ccco4)o3)o2)cc1OC. The third kappa shape index (κ3) is 3.65. The van der Waals surface area contributed by atoms with Gasteiger partial charge in [-0.2, -0.15) is 0 Å². The average Bonchev–Trinajstić information content (AvgIpc) is 3.46. The molecular weight excluding hydrogens is 372 g/mol. The van der Waals surface area contributed by atoms with Gasteiger partial charge >= 0.3 is 0 Å². The zero-order valence-corrected chi connectivity index (χ0v) is 15.2. The Bertz CT molecular complexity index is 1030. The Hall–Kier alpha value is -3.27. The van der Waals surface area contributed by atoms with Gasteiger partial charge in [0.15, 0.2) is 17.3 Å². The molecule has 27 heavy (non-hydrogen) atoms. The fourth-order valence-electron chi connectivity index (χ4n) is 2.29. The van der Waals surface area contributed by atoms with E-state index in [0.29, 0.717) is 45.9 Å². The number of ether oxygens (including phenoxy) is 2. The molecule has 3 aromatic heterocycles. The van der Waals surface area contributed by atoms with Crippen LogP contribution in [0.5, 0.6) is 11.5 Å². The molecule has 0 aliphatic rings. The minimum Gasteiger partial charge on any atom is -0.493 e. The van der Waals surface area contributed by atoms with Crippen molar-refractivity contribution in [1.29, 1.82) is 0 Å². The van der Waals surface area contributed by atoms with Crippen molar-refractivity contribution in [2.75, 3.05) is 14.2 Å². The molecule has 0 unspecified atom stereocenters. The van der Waals surface area contributed by atoms with Gasteiger partial charge in [-0.15, -0.1) is 20.4 Å². The molecule has 4 aromatic rings. The van der Waals surface area contributed by atoms with Crippen LogP contribution in [0.1, 0.15) is 5.89 Å². The number of nitrogens with zero attached hydrogens (tertiary/aromatic N) is 4. The maximum absolute atomic E-state index is 5.68. The van der Waals surface area contributed by atoms with Crippen LogP contribution >= 0.6 is 11.8 Å². The molecule has 0 atom stereocenters. The number of hydrogen-bond acceptors (Lipinski definition) is 10. The summed E-state index contributed by atoms with van der Waals surface area (Å²) in [6.45, 7) is 0. The van der Waals surface area contributed by atoms with Gasteiger partial charge in [-0.25, -0.2) is 0 Å². The summed E-state index contributed by atoms with van der Waals surface area (Å²) >= 11 is 1.29. The molecule has 9 nitrogen and oxygen atoms in total. The summed E-state index contributed by atoms with van der Waals surface area (Å²) in [6, 6.07) is 8.87. The number of rotatable bonds is 7. The lowest BCUT2D eigenvalue weighted by Crippen LogP contribution is -1.90. The highest BCUT2D eigenvalue weighted by atomic mass is 32.2. The van der Waals surface area contributed by atoms with Crippen LogP contribution in [0.4, 0.5) is 0 Å². The third-order valence-electron chi connectivity index (χ3n) is 3.55. The van der Waals surface area contributed by atoms with Gasteiger partial charge in [-0.1, -0.05) is 11.8 Å². The normalized spacial score (nSPS) is 10.9. The first kappa shape index (κ1) is 17.2. The summed E-state index contributed by atoms with van der Waals surface area (Å²) in [6.07, 6.45) is 1.54. The highest BCUT2D eigenvalue weighted by Gasteiger charge is 2.15. The Balaban J connectivity index is 1.44.